The molecule has 0 saturated heterocycles. The number of aromatic nitrogens is 2. The Bertz CT molecular complexity index is 1110. The van der Waals surface area contributed by atoms with Crippen LogP contribution in [0.5, 0.6) is 11.5 Å². The van der Waals surface area contributed by atoms with Crippen molar-refractivity contribution < 1.29 is 9.47 Å². The second-order valence-electron chi connectivity index (χ2n) is 5.90. The van der Waals surface area contributed by atoms with E-state index in [0.29, 0.717) is 40.5 Å². The summed E-state index contributed by atoms with van der Waals surface area (Å²) in [5.41, 5.74) is 1.02. The number of benzene rings is 2. The van der Waals surface area contributed by atoms with Crippen LogP contribution in [0.25, 0.3) is 11.3 Å². The van der Waals surface area contributed by atoms with Gasteiger partial charge in [0.25, 0.3) is 5.56 Å². The lowest BCUT2D eigenvalue weighted by atomic mass is 10.1. The van der Waals surface area contributed by atoms with Crippen molar-refractivity contribution >= 4 is 23.4 Å². The Kier molecular flexibility index (Phi) is 6.81. The molecule has 0 radical (unpaired) electrons. The molecule has 6 nitrogen and oxygen atoms in total. The van der Waals surface area contributed by atoms with Gasteiger partial charge in [0.1, 0.15) is 18.2 Å². The summed E-state index contributed by atoms with van der Waals surface area (Å²) >= 11 is 7.76. The van der Waals surface area contributed by atoms with Gasteiger partial charge in [0.15, 0.2) is 16.7 Å². The van der Waals surface area contributed by atoms with Crippen LogP contribution in [0.2, 0.25) is 5.02 Å². The number of hydrogen-bond acceptors (Lipinski definition) is 6. The van der Waals surface area contributed by atoms with Crippen molar-refractivity contribution in [1.29, 1.82) is 5.26 Å². The number of rotatable bonds is 7. The molecule has 0 amide bonds. The highest BCUT2D eigenvalue weighted by Crippen LogP contribution is 2.39. The maximum Gasteiger partial charge on any atom is 0.270 e. The number of ether oxygens (including phenoxy) is 2. The number of nitriles is 1. The minimum absolute atomic E-state index is 0.106. The van der Waals surface area contributed by atoms with Crippen molar-refractivity contribution in [2.24, 2.45) is 0 Å². The highest BCUT2D eigenvalue weighted by molar-refractivity contribution is 7.98. The monoisotopic (exact) mass is 427 g/mol. The van der Waals surface area contributed by atoms with Crippen molar-refractivity contribution in [2.75, 3.05) is 12.9 Å². The Labute approximate surface area is 177 Å². The van der Waals surface area contributed by atoms with Gasteiger partial charge >= 0.3 is 0 Å². The molecule has 1 aromatic heterocycles. The molecule has 0 fully saturated rings. The molecule has 0 unspecified atom stereocenters. The molecule has 0 saturated carbocycles. The number of H-pyrrole nitrogens is 1. The first-order valence-electron chi connectivity index (χ1n) is 8.79. The molecule has 0 aliphatic rings. The molecule has 29 heavy (non-hydrogen) atoms. The van der Waals surface area contributed by atoms with Gasteiger partial charge in [-0.15, -0.1) is 0 Å². The molecule has 0 aliphatic heterocycles. The molecule has 1 heterocycles. The van der Waals surface area contributed by atoms with E-state index in [1.54, 1.807) is 18.4 Å². The molecule has 1 N–H and O–H groups in total. The van der Waals surface area contributed by atoms with Gasteiger partial charge in [-0.25, -0.2) is 4.98 Å². The zero-order valence-corrected chi connectivity index (χ0v) is 17.4. The standard InChI is InChI=1S/C21H18ClN3O3S/c1-3-27-17-9-14(19-15(11-23)20(26)25-21(24-19)29-2)16(22)10-18(17)28-12-13-7-5-4-6-8-13/h4-10H,3,12H2,1-2H3,(H,24,25,26). The summed E-state index contributed by atoms with van der Waals surface area (Å²) in [6, 6.07) is 14.9. The van der Waals surface area contributed by atoms with Crippen LogP contribution >= 0.6 is 23.4 Å². The van der Waals surface area contributed by atoms with Crippen molar-refractivity contribution in [2.45, 2.75) is 18.7 Å². The van der Waals surface area contributed by atoms with Gasteiger partial charge in [-0.2, -0.15) is 5.26 Å². The van der Waals surface area contributed by atoms with Crippen LogP contribution in [0.4, 0.5) is 0 Å². The minimum Gasteiger partial charge on any atom is -0.490 e. The third-order valence-corrected chi connectivity index (χ3v) is 4.92. The quantitative estimate of drug-likeness (QED) is 0.435. The van der Waals surface area contributed by atoms with Crippen LogP contribution in [0, 0.1) is 11.3 Å². The normalized spacial score (nSPS) is 10.4. The maximum absolute atomic E-state index is 12.2. The summed E-state index contributed by atoms with van der Waals surface area (Å²) in [4.78, 5) is 19.2. The fourth-order valence-corrected chi connectivity index (χ4v) is 3.30. The van der Waals surface area contributed by atoms with Crippen LogP contribution in [-0.4, -0.2) is 22.8 Å². The molecular formula is C21H18ClN3O3S. The predicted octanol–water partition coefficient (Wildman–Crippen LogP) is 4.66. The van der Waals surface area contributed by atoms with Gasteiger partial charge in [0, 0.05) is 11.6 Å². The van der Waals surface area contributed by atoms with E-state index in [-0.39, 0.29) is 11.3 Å². The van der Waals surface area contributed by atoms with E-state index < -0.39 is 5.56 Å². The van der Waals surface area contributed by atoms with E-state index in [1.807, 2.05) is 43.3 Å². The first kappa shape index (κ1) is 20.8. The predicted molar refractivity (Wildman–Crippen MR) is 114 cm³/mol. The van der Waals surface area contributed by atoms with Gasteiger partial charge in [0.2, 0.25) is 0 Å². The number of thioether (sulfide) groups is 1. The van der Waals surface area contributed by atoms with Gasteiger partial charge < -0.3 is 14.5 Å². The largest absolute Gasteiger partial charge is 0.490 e. The number of nitrogens with zero attached hydrogens (tertiary/aromatic N) is 2. The third kappa shape index (κ3) is 4.73. The van der Waals surface area contributed by atoms with E-state index in [4.69, 9.17) is 21.1 Å². The van der Waals surface area contributed by atoms with E-state index in [9.17, 15) is 10.1 Å². The Balaban J connectivity index is 2.06. The number of nitrogens with one attached hydrogen (secondary N) is 1. The van der Waals surface area contributed by atoms with Gasteiger partial charge in [0.05, 0.1) is 17.3 Å². The van der Waals surface area contributed by atoms with Crippen molar-refractivity contribution in [3.63, 3.8) is 0 Å². The molecule has 0 spiro atoms. The smallest absolute Gasteiger partial charge is 0.270 e. The first-order valence-corrected chi connectivity index (χ1v) is 10.4. The molecule has 0 aliphatic carbocycles. The summed E-state index contributed by atoms with van der Waals surface area (Å²) in [5.74, 6) is 0.928. The third-order valence-electron chi connectivity index (χ3n) is 4.03. The zero-order valence-electron chi connectivity index (χ0n) is 15.9. The molecule has 8 heteroatoms. The van der Waals surface area contributed by atoms with Crippen LogP contribution in [0.3, 0.4) is 0 Å². The van der Waals surface area contributed by atoms with Gasteiger partial charge in [-0.05, 0) is 24.8 Å². The lowest BCUT2D eigenvalue weighted by Crippen LogP contribution is -2.14. The maximum atomic E-state index is 12.2. The SMILES string of the molecule is CCOc1cc(-c2nc(SC)[nH]c(=O)c2C#N)c(Cl)cc1OCc1ccccc1. The number of hydrogen-bond donors (Lipinski definition) is 1. The van der Waals surface area contributed by atoms with Gasteiger partial charge in [-0.1, -0.05) is 53.7 Å². The average molecular weight is 428 g/mol. The summed E-state index contributed by atoms with van der Waals surface area (Å²) < 4.78 is 11.6. The Morgan fingerprint density at radius 2 is 1.93 bits per heavy atom. The van der Waals surface area contributed by atoms with E-state index >= 15 is 0 Å². The number of halogens is 1. The average Bonchev–Trinajstić information content (AvgIpc) is 2.74. The van der Waals surface area contributed by atoms with Crippen molar-refractivity contribution in [1.82, 2.24) is 9.97 Å². The van der Waals surface area contributed by atoms with Crippen LogP contribution in [-0.2, 0) is 6.61 Å². The van der Waals surface area contributed by atoms with Crippen LogP contribution < -0.4 is 15.0 Å². The lowest BCUT2D eigenvalue weighted by Gasteiger charge is -2.15. The highest BCUT2D eigenvalue weighted by Gasteiger charge is 2.19. The zero-order chi connectivity index (χ0) is 20.8. The Hall–Kier alpha value is -2.95. The van der Waals surface area contributed by atoms with E-state index in [1.165, 1.54) is 11.8 Å². The fraction of sp³-hybridized carbons (Fsp3) is 0.190. The Morgan fingerprint density at radius 1 is 1.21 bits per heavy atom. The molecule has 0 atom stereocenters. The molecule has 2 aromatic carbocycles. The van der Waals surface area contributed by atoms with E-state index in [2.05, 4.69) is 9.97 Å². The van der Waals surface area contributed by atoms with Crippen LogP contribution in [0.15, 0.2) is 52.4 Å². The van der Waals surface area contributed by atoms with E-state index in [0.717, 1.165) is 5.56 Å². The highest BCUT2D eigenvalue weighted by atomic mass is 35.5. The second-order valence-corrected chi connectivity index (χ2v) is 7.10. The van der Waals surface area contributed by atoms with Crippen molar-refractivity contribution in [3.05, 3.63) is 69.0 Å². The fourth-order valence-electron chi connectivity index (χ4n) is 2.68. The minimum atomic E-state index is -0.514. The molecular weight excluding hydrogens is 410 g/mol. The lowest BCUT2D eigenvalue weighted by molar-refractivity contribution is 0.269. The second kappa shape index (κ2) is 9.50. The topological polar surface area (TPSA) is 88.0 Å². The molecule has 148 valence electrons. The van der Waals surface area contributed by atoms with Gasteiger partial charge in [-0.3, -0.25) is 4.79 Å². The molecule has 3 aromatic rings. The summed E-state index contributed by atoms with van der Waals surface area (Å²) in [7, 11) is 0. The number of aromatic amines is 1. The van der Waals surface area contributed by atoms with Crippen LogP contribution in [0.1, 0.15) is 18.1 Å². The summed E-state index contributed by atoms with van der Waals surface area (Å²) in [5, 5.41) is 10.1. The molecule has 3 rings (SSSR count). The summed E-state index contributed by atoms with van der Waals surface area (Å²) in [6.07, 6.45) is 1.78. The summed E-state index contributed by atoms with van der Waals surface area (Å²) in [6.45, 7) is 2.61. The molecule has 0 bridgehead atoms. The first-order chi connectivity index (χ1) is 14.1. The Morgan fingerprint density at radius 3 is 2.59 bits per heavy atom. The van der Waals surface area contributed by atoms with Crippen molar-refractivity contribution in [3.8, 4) is 28.8 Å².